The Balaban J connectivity index is 2.06. The summed E-state index contributed by atoms with van der Waals surface area (Å²) in [6, 6.07) is 6.66. The maximum atomic E-state index is 13.6. The van der Waals surface area contributed by atoms with Gasteiger partial charge >= 0.3 is 0 Å². The van der Waals surface area contributed by atoms with E-state index in [1.807, 2.05) is 26.1 Å². The van der Waals surface area contributed by atoms with Crippen molar-refractivity contribution in [1.29, 1.82) is 0 Å². The number of benzene rings is 1. The van der Waals surface area contributed by atoms with Gasteiger partial charge in [-0.2, -0.15) is 0 Å². The van der Waals surface area contributed by atoms with Gasteiger partial charge in [0.15, 0.2) is 5.82 Å². The van der Waals surface area contributed by atoms with E-state index in [0.29, 0.717) is 17.3 Å². The number of fused-ring (bicyclic) bond motifs is 1. The van der Waals surface area contributed by atoms with Crippen LogP contribution in [0.25, 0.3) is 11.0 Å². The minimum Gasteiger partial charge on any atom is -0.489 e. The Labute approximate surface area is 140 Å². The number of rotatable bonds is 5. The van der Waals surface area contributed by atoms with Crippen molar-refractivity contribution in [3.05, 3.63) is 42.6 Å². The summed E-state index contributed by atoms with van der Waals surface area (Å²) in [5, 5.41) is 3.27. The summed E-state index contributed by atoms with van der Waals surface area (Å²) in [5.74, 6) is 0.785. The molecule has 5 nitrogen and oxygen atoms in total. The number of anilines is 2. The normalized spacial score (nSPS) is 11.5. The standard InChI is InChI=1S/C18H21FN4O/c1-11(2)23-8-7-15-17(23)18(21-10-20-15)22-14-6-5-13(19)9-16(14)24-12(3)4/h5-12H,1-4H3,(H,20,21,22). The summed E-state index contributed by atoms with van der Waals surface area (Å²) in [5.41, 5.74) is 2.43. The van der Waals surface area contributed by atoms with Crippen LogP contribution in [0.5, 0.6) is 5.75 Å². The van der Waals surface area contributed by atoms with E-state index < -0.39 is 0 Å². The molecule has 0 aliphatic rings. The first-order valence-electron chi connectivity index (χ1n) is 8.00. The average molecular weight is 328 g/mol. The van der Waals surface area contributed by atoms with E-state index in [1.54, 1.807) is 6.07 Å². The minimum atomic E-state index is -0.338. The maximum Gasteiger partial charge on any atom is 0.158 e. The molecule has 0 aliphatic carbocycles. The second-order valence-corrected chi connectivity index (χ2v) is 6.20. The van der Waals surface area contributed by atoms with Gasteiger partial charge in [-0.1, -0.05) is 0 Å². The van der Waals surface area contributed by atoms with Crippen LogP contribution in [0.1, 0.15) is 33.7 Å². The highest BCUT2D eigenvalue weighted by Crippen LogP contribution is 2.32. The highest BCUT2D eigenvalue weighted by atomic mass is 19.1. The quantitative estimate of drug-likeness (QED) is 0.739. The molecule has 0 radical (unpaired) electrons. The van der Waals surface area contributed by atoms with Gasteiger partial charge in [0.25, 0.3) is 0 Å². The Morgan fingerprint density at radius 2 is 1.92 bits per heavy atom. The summed E-state index contributed by atoms with van der Waals surface area (Å²) in [6.45, 7) is 8.01. The van der Waals surface area contributed by atoms with Gasteiger partial charge < -0.3 is 14.6 Å². The number of hydrogen-bond acceptors (Lipinski definition) is 4. The number of halogens is 1. The first-order chi connectivity index (χ1) is 11.5. The molecule has 6 heteroatoms. The Bertz CT molecular complexity index is 857. The summed E-state index contributed by atoms with van der Waals surface area (Å²) in [6.07, 6.45) is 3.45. The zero-order valence-corrected chi connectivity index (χ0v) is 14.2. The zero-order valence-electron chi connectivity index (χ0n) is 14.2. The fourth-order valence-electron chi connectivity index (χ4n) is 2.59. The van der Waals surface area contributed by atoms with E-state index in [2.05, 4.69) is 33.7 Å². The number of aromatic nitrogens is 3. The van der Waals surface area contributed by atoms with Crippen molar-refractivity contribution < 1.29 is 9.13 Å². The Morgan fingerprint density at radius 1 is 1.12 bits per heavy atom. The van der Waals surface area contributed by atoms with Gasteiger partial charge in [-0.3, -0.25) is 0 Å². The molecule has 24 heavy (non-hydrogen) atoms. The second kappa shape index (κ2) is 6.47. The first kappa shape index (κ1) is 16.2. The molecule has 0 saturated carbocycles. The Hall–Kier alpha value is -2.63. The van der Waals surface area contributed by atoms with Crippen LogP contribution in [0.2, 0.25) is 0 Å². The van der Waals surface area contributed by atoms with Crippen molar-refractivity contribution in [3.63, 3.8) is 0 Å². The van der Waals surface area contributed by atoms with Crippen LogP contribution in [-0.2, 0) is 0 Å². The van der Waals surface area contributed by atoms with Crippen LogP contribution in [0.3, 0.4) is 0 Å². The molecule has 0 amide bonds. The molecule has 0 spiro atoms. The van der Waals surface area contributed by atoms with Crippen LogP contribution < -0.4 is 10.1 Å². The number of nitrogens with zero attached hydrogens (tertiary/aromatic N) is 3. The summed E-state index contributed by atoms with van der Waals surface area (Å²) in [7, 11) is 0. The summed E-state index contributed by atoms with van der Waals surface area (Å²) in [4.78, 5) is 8.68. The van der Waals surface area contributed by atoms with E-state index in [0.717, 1.165) is 11.0 Å². The monoisotopic (exact) mass is 328 g/mol. The lowest BCUT2D eigenvalue weighted by molar-refractivity contribution is 0.243. The largest absolute Gasteiger partial charge is 0.489 e. The van der Waals surface area contributed by atoms with Gasteiger partial charge in [0.05, 0.1) is 17.3 Å². The molecule has 3 aromatic rings. The van der Waals surface area contributed by atoms with Crippen LogP contribution in [0.4, 0.5) is 15.9 Å². The molecule has 126 valence electrons. The maximum absolute atomic E-state index is 13.6. The Kier molecular flexibility index (Phi) is 4.38. The summed E-state index contributed by atoms with van der Waals surface area (Å²) >= 11 is 0. The first-order valence-corrected chi connectivity index (χ1v) is 8.00. The molecular weight excluding hydrogens is 307 g/mol. The van der Waals surface area contributed by atoms with Gasteiger partial charge in [0.1, 0.15) is 23.4 Å². The molecule has 0 atom stereocenters. The molecule has 0 aliphatic heterocycles. The van der Waals surface area contributed by atoms with Crippen LogP contribution >= 0.6 is 0 Å². The SMILES string of the molecule is CC(C)Oc1cc(F)ccc1Nc1ncnc2ccn(C(C)C)c12. The molecule has 3 rings (SSSR count). The van der Waals surface area contributed by atoms with Crippen molar-refractivity contribution >= 4 is 22.5 Å². The molecule has 2 aromatic heterocycles. The van der Waals surface area contributed by atoms with Gasteiger partial charge in [-0.15, -0.1) is 0 Å². The molecule has 2 heterocycles. The van der Waals surface area contributed by atoms with Gasteiger partial charge in [-0.05, 0) is 45.9 Å². The molecular formula is C18H21FN4O. The predicted octanol–water partition coefficient (Wildman–Crippen LogP) is 4.68. The molecule has 0 bridgehead atoms. The number of nitrogens with one attached hydrogen (secondary N) is 1. The topological polar surface area (TPSA) is 52.0 Å². The van der Waals surface area contributed by atoms with Crippen molar-refractivity contribution in [2.24, 2.45) is 0 Å². The minimum absolute atomic E-state index is 0.0581. The van der Waals surface area contributed by atoms with Gasteiger partial charge in [-0.25, -0.2) is 14.4 Å². The molecule has 0 saturated heterocycles. The Morgan fingerprint density at radius 3 is 2.62 bits per heavy atom. The van der Waals surface area contributed by atoms with Gasteiger partial charge in [0.2, 0.25) is 0 Å². The summed E-state index contributed by atoms with van der Waals surface area (Å²) < 4.78 is 21.4. The smallest absolute Gasteiger partial charge is 0.158 e. The molecule has 1 aromatic carbocycles. The van der Waals surface area contributed by atoms with E-state index in [-0.39, 0.29) is 18.0 Å². The highest BCUT2D eigenvalue weighted by molar-refractivity contribution is 5.89. The van der Waals surface area contributed by atoms with Crippen LogP contribution in [-0.4, -0.2) is 20.6 Å². The number of ether oxygens (including phenoxy) is 1. The predicted molar refractivity (Wildman–Crippen MR) is 93.4 cm³/mol. The number of hydrogen-bond donors (Lipinski definition) is 1. The van der Waals surface area contributed by atoms with E-state index >= 15 is 0 Å². The van der Waals surface area contributed by atoms with Crippen LogP contribution in [0.15, 0.2) is 36.8 Å². The third kappa shape index (κ3) is 3.18. The van der Waals surface area contributed by atoms with E-state index in [1.165, 1.54) is 18.5 Å². The average Bonchev–Trinajstić information content (AvgIpc) is 2.94. The third-order valence-electron chi connectivity index (χ3n) is 3.62. The lowest BCUT2D eigenvalue weighted by Gasteiger charge is -2.17. The van der Waals surface area contributed by atoms with Crippen molar-refractivity contribution in [2.75, 3.05) is 5.32 Å². The molecule has 0 unspecified atom stereocenters. The van der Waals surface area contributed by atoms with E-state index in [4.69, 9.17) is 4.74 Å². The lowest BCUT2D eigenvalue weighted by atomic mass is 10.2. The van der Waals surface area contributed by atoms with Crippen molar-refractivity contribution in [3.8, 4) is 5.75 Å². The second-order valence-electron chi connectivity index (χ2n) is 6.20. The van der Waals surface area contributed by atoms with Crippen molar-refractivity contribution in [2.45, 2.75) is 39.8 Å². The highest BCUT2D eigenvalue weighted by Gasteiger charge is 2.14. The van der Waals surface area contributed by atoms with Crippen molar-refractivity contribution in [1.82, 2.24) is 14.5 Å². The van der Waals surface area contributed by atoms with Gasteiger partial charge in [0, 0.05) is 18.3 Å². The zero-order chi connectivity index (χ0) is 17.3. The van der Waals surface area contributed by atoms with Crippen LogP contribution in [0, 0.1) is 5.82 Å². The van der Waals surface area contributed by atoms with E-state index in [9.17, 15) is 4.39 Å². The molecule has 0 fully saturated rings. The lowest BCUT2D eigenvalue weighted by Crippen LogP contribution is -2.09. The third-order valence-corrected chi connectivity index (χ3v) is 3.62. The fraction of sp³-hybridized carbons (Fsp3) is 0.333. The molecule has 1 N–H and O–H groups in total. The fourth-order valence-corrected chi connectivity index (χ4v) is 2.59.